The lowest BCUT2D eigenvalue weighted by atomic mass is 10.0. The van der Waals surface area contributed by atoms with Gasteiger partial charge in [0.1, 0.15) is 17.1 Å². The number of nitrogens with zero attached hydrogens (tertiary/aromatic N) is 2. The number of fused-ring (bicyclic) bond motifs is 1. The molecular weight excluding hydrogens is 404 g/mol. The second-order valence-corrected chi connectivity index (χ2v) is 9.09. The van der Waals surface area contributed by atoms with Crippen molar-refractivity contribution in [3.05, 3.63) is 53.8 Å². The van der Waals surface area contributed by atoms with Crippen LogP contribution in [0.5, 0.6) is 5.75 Å². The Labute approximate surface area is 187 Å². The molecule has 3 fully saturated rings. The van der Waals surface area contributed by atoms with Gasteiger partial charge in [0, 0.05) is 49.0 Å². The molecule has 0 bridgehead atoms. The lowest BCUT2D eigenvalue weighted by Gasteiger charge is -2.42. The minimum atomic E-state index is -0.436. The number of benzene rings is 2. The molecule has 0 saturated carbocycles. The average molecular weight is 433 g/mol. The maximum absolute atomic E-state index is 12.7. The molecule has 166 valence electrons. The summed E-state index contributed by atoms with van der Waals surface area (Å²) < 4.78 is 18.3. The van der Waals surface area contributed by atoms with Crippen molar-refractivity contribution in [2.24, 2.45) is 0 Å². The molecule has 3 aliphatic rings. The minimum absolute atomic E-state index is 0.0916. The summed E-state index contributed by atoms with van der Waals surface area (Å²) in [5.41, 5.74) is 3.75. The summed E-state index contributed by atoms with van der Waals surface area (Å²) in [4.78, 5) is 17.0. The fraction of sp³-hybridized carbons (Fsp3) is 0.423. The fourth-order valence-corrected chi connectivity index (χ4v) is 6.01. The zero-order valence-electron chi connectivity index (χ0n) is 18.6. The maximum atomic E-state index is 12.7. The minimum Gasteiger partial charge on any atom is -0.496 e. The van der Waals surface area contributed by atoms with E-state index in [-0.39, 0.29) is 11.9 Å². The summed E-state index contributed by atoms with van der Waals surface area (Å²) in [5, 5.41) is 1.06. The van der Waals surface area contributed by atoms with E-state index in [0.29, 0.717) is 13.0 Å². The quantitative estimate of drug-likeness (QED) is 0.614. The first-order valence-electron chi connectivity index (χ1n) is 11.4. The first-order chi connectivity index (χ1) is 15.6. The van der Waals surface area contributed by atoms with Gasteiger partial charge in [0.25, 0.3) is 0 Å². The number of ether oxygens (including phenoxy) is 2. The highest BCUT2D eigenvalue weighted by Gasteiger charge is 2.60. The van der Waals surface area contributed by atoms with Crippen LogP contribution in [0.2, 0.25) is 0 Å². The highest BCUT2D eigenvalue weighted by atomic mass is 16.5. The van der Waals surface area contributed by atoms with Gasteiger partial charge in [0.05, 0.1) is 19.8 Å². The van der Waals surface area contributed by atoms with E-state index in [1.54, 1.807) is 7.11 Å². The molecule has 2 aromatic carbocycles. The fourth-order valence-electron chi connectivity index (χ4n) is 6.01. The number of furan rings is 1. The van der Waals surface area contributed by atoms with Gasteiger partial charge in [0.2, 0.25) is 5.91 Å². The van der Waals surface area contributed by atoms with E-state index in [1.165, 1.54) is 0 Å². The van der Waals surface area contributed by atoms with E-state index >= 15 is 0 Å². The predicted octanol–water partition coefficient (Wildman–Crippen LogP) is 4.34. The van der Waals surface area contributed by atoms with E-state index in [2.05, 4.69) is 29.2 Å². The van der Waals surface area contributed by atoms with E-state index in [4.69, 9.17) is 13.9 Å². The zero-order chi connectivity index (χ0) is 21.9. The normalized spacial score (nSPS) is 25.4. The number of hydrogen-bond acceptors (Lipinski definition) is 5. The largest absolute Gasteiger partial charge is 0.496 e. The molecule has 3 aromatic rings. The number of aryl methyl sites for hydroxylation is 1. The Hall–Kier alpha value is -2.83. The number of hydrogen-bond donors (Lipinski definition) is 0. The average Bonchev–Trinajstić information content (AvgIpc) is 3.41. The first-order valence-corrected chi connectivity index (χ1v) is 11.4. The van der Waals surface area contributed by atoms with Crippen LogP contribution < -0.4 is 4.74 Å². The van der Waals surface area contributed by atoms with Crippen molar-refractivity contribution in [1.29, 1.82) is 0 Å². The number of carbonyl (C=O) groups excluding carboxylic acids is 1. The number of likely N-dealkylation sites (tertiary alicyclic amines) is 1. The topological polar surface area (TPSA) is 55.2 Å². The summed E-state index contributed by atoms with van der Waals surface area (Å²) in [6, 6.07) is 14.6. The number of rotatable bonds is 4. The van der Waals surface area contributed by atoms with Crippen molar-refractivity contribution in [2.75, 3.05) is 26.8 Å². The van der Waals surface area contributed by atoms with Gasteiger partial charge in [-0.05, 0) is 31.0 Å². The van der Waals surface area contributed by atoms with Crippen LogP contribution in [0.15, 0.2) is 46.9 Å². The Morgan fingerprint density at radius 1 is 1.19 bits per heavy atom. The number of carbonyl (C=O) groups is 1. The lowest BCUT2D eigenvalue weighted by molar-refractivity contribution is -0.180. The summed E-state index contributed by atoms with van der Waals surface area (Å²) in [7, 11) is 1.72. The van der Waals surface area contributed by atoms with Crippen molar-refractivity contribution >= 4 is 16.9 Å². The molecule has 6 rings (SSSR count). The highest BCUT2D eigenvalue weighted by Crippen LogP contribution is 2.46. The van der Waals surface area contributed by atoms with Crippen molar-refractivity contribution in [3.63, 3.8) is 0 Å². The predicted molar refractivity (Wildman–Crippen MR) is 121 cm³/mol. The smallest absolute Gasteiger partial charge is 0.226 e. The van der Waals surface area contributed by atoms with E-state index in [0.717, 1.165) is 71.7 Å². The number of methoxy groups -OCH3 is 1. The molecule has 4 heterocycles. The van der Waals surface area contributed by atoms with Gasteiger partial charge in [-0.1, -0.05) is 30.3 Å². The molecule has 1 aromatic heterocycles. The van der Waals surface area contributed by atoms with Gasteiger partial charge in [-0.25, -0.2) is 0 Å². The van der Waals surface area contributed by atoms with Crippen LogP contribution in [0.4, 0.5) is 0 Å². The van der Waals surface area contributed by atoms with Crippen molar-refractivity contribution < 1.29 is 18.7 Å². The highest BCUT2D eigenvalue weighted by molar-refractivity contribution is 5.97. The molecular formula is C26H28N2O4. The van der Waals surface area contributed by atoms with E-state index in [9.17, 15) is 4.79 Å². The summed E-state index contributed by atoms with van der Waals surface area (Å²) in [5.74, 6) is 1.97. The van der Waals surface area contributed by atoms with Crippen molar-refractivity contribution in [2.45, 2.75) is 44.5 Å². The molecule has 0 N–H and O–H groups in total. The van der Waals surface area contributed by atoms with Crippen LogP contribution in [-0.4, -0.2) is 54.3 Å². The van der Waals surface area contributed by atoms with Gasteiger partial charge in [-0.15, -0.1) is 0 Å². The summed E-state index contributed by atoms with van der Waals surface area (Å²) in [6.45, 7) is 5.17. The van der Waals surface area contributed by atoms with Crippen LogP contribution in [0.25, 0.3) is 22.1 Å². The molecule has 0 unspecified atom stereocenters. The van der Waals surface area contributed by atoms with Crippen LogP contribution in [0.1, 0.15) is 30.6 Å². The van der Waals surface area contributed by atoms with Crippen molar-refractivity contribution in [3.8, 4) is 16.9 Å². The van der Waals surface area contributed by atoms with Crippen LogP contribution in [-0.2, 0) is 16.1 Å². The van der Waals surface area contributed by atoms with Crippen LogP contribution in [0.3, 0.4) is 0 Å². The Morgan fingerprint density at radius 2 is 2.03 bits per heavy atom. The van der Waals surface area contributed by atoms with Gasteiger partial charge in [-0.3, -0.25) is 9.69 Å². The molecule has 2 atom stereocenters. The molecule has 6 heteroatoms. The summed E-state index contributed by atoms with van der Waals surface area (Å²) in [6.07, 6.45) is 2.32. The van der Waals surface area contributed by atoms with Crippen molar-refractivity contribution in [1.82, 2.24) is 9.80 Å². The van der Waals surface area contributed by atoms with Gasteiger partial charge >= 0.3 is 0 Å². The third kappa shape index (κ3) is 2.82. The molecule has 6 nitrogen and oxygen atoms in total. The molecule has 0 aliphatic carbocycles. The van der Waals surface area contributed by atoms with E-state index in [1.807, 2.05) is 30.0 Å². The SMILES string of the molecule is COc1cc2c(-c3ccccc3)c(C)oc2cc1CN1CC[C@@]23OCCCN2C(=O)C[C@@H]13. The third-order valence-corrected chi connectivity index (χ3v) is 7.43. The van der Waals surface area contributed by atoms with Crippen LogP contribution in [0, 0.1) is 6.92 Å². The zero-order valence-corrected chi connectivity index (χ0v) is 18.6. The Balaban J connectivity index is 1.36. The Kier molecular flexibility index (Phi) is 4.56. The monoisotopic (exact) mass is 432 g/mol. The molecule has 3 aliphatic heterocycles. The van der Waals surface area contributed by atoms with Gasteiger partial charge in [0.15, 0.2) is 5.72 Å². The van der Waals surface area contributed by atoms with E-state index < -0.39 is 5.72 Å². The molecule has 0 radical (unpaired) electrons. The molecule has 1 amide bonds. The molecule has 1 spiro atoms. The molecule has 3 saturated heterocycles. The second-order valence-electron chi connectivity index (χ2n) is 9.09. The maximum Gasteiger partial charge on any atom is 0.226 e. The Bertz CT molecular complexity index is 1190. The van der Waals surface area contributed by atoms with Gasteiger partial charge in [-0.2, -0.15) is 0 Å². The lowest BCUT2D eigenvalue weighted by Crippen LogP contribution is -2.56. The number of amides is 1. The van der Waals surface area contributed by atoms with Crippen LogP contribution >= 0.6 is 0 Å². The second kappa shape index (κ2) is 7.36. The third-order valence-electron chi connectivity index (χ3n) is 7.43. The van der Waals surface area contributed by atoms with Gasteiger partial charge < -0.3 is 18.8 Å². The Morgan fingerprint density at radius 3 is 2.84 bits per heavy atom. The standard InChI is InChI=1S/C26H28N2O4/c1-17-25(18-7-4-3-5-8-18)20-14-21(30-2)19(13-22(20)32-17)16-27-11-9-26-23(27)15-24(29)28(26)10-6-12-31-26/h3-5,7-8,13-14,23H,6,9-12,15-16H2,1-2H3/t23-,26+/m1/s1. The molecule has 32 heavy (non-hydrogen) atoms. The first kappa shape index (κ1) is 19.8. The summed E-state index contributed by atoms with van der Waals surface area (Å²) >= 11 is 0.